The lowest BCUT2D eigenvalue weighted by atomic mass is 10.2. The van der Waals surface area contributed by atoms with Gasteiger partial charge in [-0.3, -0.25) is 15.6 Å². The summed E-state index contributed by atoms with van der Waals surface area (Å²) in [6, 6.07) is 12.7. The van der Waals surface area contributed by atoms with Crippen molar-refractivity contribution in [3.8, 4) is 11.5 Å². The highest BCUT2D eigenvalue weighted by Gasteiger charge is 2.12. The lowest BCUT2D eigenvalue weighted by Crippen LogP contribution is -2.43. The maximum Gasteiger partial charge on any atom is 0.269 e. The number of hydrazine groups is 1. The van der Waals surface area contributed by atoms with E-state index in [4.69, 9.17) is 21.7 Å². The van der Waals surface area contributed by atoms with E-state index < -0.39 is 0 Å². The number of ether oxygens (including phenoxy) is 2. The summed E-state index contributed by atoms with van der Waals surface area (Å²) < 4.78 is 10.9. The second kappa shape index (κ2) is 9.05. The van der Waals surface area contributed by atoms with Crippen LogP contribution in [0, 0.1) is 6.92 Å². The van der Waals surface area contributed by atoms with Crippen LogP contribution in [0.25, 0.3) is 0 Å². The van der Waals surface area contributed by atoms with Crippen molar-refractivity contribution >= 4 is 28.9 Å². The van der Waals surface area contributed by atoms with Crippen LogP contribution in [0.2, 0.25) is 0 Å². The second-order valence-corrected chi connectivity index (χ2v) is 6.34. The molecule has 2 aromatic carbocycles. The molecule has 0 atom stereocenters. The Labute approximate surface area is 158 Å². The van der Waals surface area contributed by atoms with E-state index >= 15 is 0 Å². The Morgan fingerprint density at radius 2 is 1.85 bits per heavy atom. The summed E-state index contributed by atoms with van der Waals surface area (Å²) in [4.78, 5) is 12.3. The Balaban J connectivity index is 1.95. The molecule has 0 radical (unpaired) electrons. The van der Waals surface area contributed by atoms with Crippen LogP contribution in [0.5, 0.6) is 11.5 Å². The first kappa shape index (κ1) is 19.5. The number of thiocarbonyl (C=S) groups is 1. The van der Waals surface area contributed by atoms with Gasteiger partial charge >= 0.3 is 0 Å². The third-order valence-corrected chi connectivity index (χ3v) is 3.56. The lowest BCUT2D eigenvalue weighted by Gasteiger charge is -2.15. The molecule has 0 saturated carbocycles. The van der Waals surface area contributed by atoms with Crippen molar-refractivity contribution in [1.29, 1.82) is 0 Å². The van der Waals surface area contributed by atoms with Gasteiger partial charge in [0.2, 0.25) is 0 Å². The van der Waals surface area contributed by atoms with Crippen LogP contribution in [-0.2, 0) is 0 Å². The Morgan fingerprint density at radius 3 is 2.50 bits per heavy atom. The average Bonchev–Trinajstić information content (AvgIpc) is 2.59. The van der Waals surface area contributed by atoms with Crippen LogP contribution in [0.15, 0.2) is 42.5 Å². The number of hydrogen-bond donors (Lipinski definition) is 3. The largest absolute Gasteiger partial charge is 0.493 e. The Morgan fingerprint density at radius 1 is 1.08 bits per heavy atom. The van der Waals surface area contributed by atoms with Gasteiger partial charge in [-0.1, -0.05) is 12.1 Å². The van der Waals surface area contributed by atoms with Gasteiger partial charge in [-0.05, 0) is 68.9 Å². The van der Waals surface area contributed by atoms with Gasteiger partial charge in [0.1, 0.15) is 0 Å². The molecule has 0 fully saturated rings. The van der Waals surface area contributed by atoms with Crippen LogP contribution >= 0.6 is 12.2 Å². The molecule has 0 aromatic heterocycles. The molecule has 138 valence electrons. The maximum atomic E-state index is 12.3. The van der Waals surface area contributed by atoms with Crippen molar-refractivity contribution in [3.63, 3.8) is 0 Å². The summed E-state index contributed by atoms with van der Waals surface area (Å²) >= 11 is 5.18. The van der Waals surface area contributed by atoms with Gasteiger partial charge in [-0.2, -0.15) is 0 Å². The smallest absolute Gasteiger partial charge is 0.269 e. The minimum atomic E-state index is -0.340. The molecule has 0 unspecified atom stereocenters. The molecular formula is C19H23N3O3S. The summed E-state index contributed by atoms with van der Waals surface area (Å²) in [6.07, 6.45) is 0.00955. The molecule has 0 aliphatic heterocycles. The van der Waals surface area contributed by atoms with Gasteiger partial charge in [-0.15, -0.1) is 0 Å². The number of carbonyl (C=O) groups excluding carboxylic acids is 1. The molecule has 6 nitrogen and oxygen atoms in total. The predicted molar refractivity (Wildman–Crippen MR) is 107 cm³/mol. The second-order valence-electron chi connectivity index (χ2n) is 5.93. The number of anilines is 1. The zero-order valence-corrected chi connectivity index (χ0v) is 16.1. The van der Waals surface area contributed by atoms with Crippen LogP contribution in [0.4, 0.5) is 5.69 Å². The summed E-state index contributed by atoms with van der Waals surface area (Å²) in [5.74, 6) is 0.739. The molecule has 0 aliphatic carbocycles. The van der Waals surface area contributed by atoms with Gasteiger partial charge in [0.25, 0.3) is 5.91 Å². The van der Waals surface area contributed by atoms with E-state index in [2.05, 4.69) is 16.2 Å². The summed E-state index contributed by atoms with van der Waals surface area (Å²) in [6.45, 7) is 5.84. The Hall–Kier alpha value is -2.80. The Bertz CT molecular complexity index is 793. The fraction of sp³-hybridized carbons (Fsp3) is 0.263. The average molecular weight is 373 g/mol. The molecule has 0 spiro atoms. The summed E-state index contributed by atoms with van der Waals surface area (Å²) in [5.41, 5.74) is 7.61. The van der Waals surface area contributed by atoms with E-state index in [1.165, 1.54) is 7.11 Å². The number of aryl methyl sites for hydroxylation is 1. The third kappa shape index (κ3) is 5.63. The van der Waals surface area contributed by atoms with E-state index in [1.54, 1.807) is 18.2 Å². The molecule has 7 heteroatoms. The molecule has 0 bridgehead atoms. The first-order valence-electron chi connectivity index (χ1n) is 8.17. The number of benzene rings is 2. The van der Waals surface area contributed by atoms with Crippen molar-refractivity contribution in [2.45, 2.75) is 26.9 Å². The normalized spacial score (nSPS) is 10.2. The van der Waals surface area contributed by atoms with Gasteiger partial charge in [-0.25, -0.2) is 0 Å². The van der Waals surface area contributed by atoms with Crippen LogP contribution < -0.4 is 25.6 Å². The molecule has 0 saturated heterocycles. The fourth-order valence-electron chi connectivity index (χ4n) is 2.23. The summed E-state index contributed by atoms with van der Waals surface area (Å²) in [7, 11) is 1.53. The van der Waals surface area contributed by atoms with E-state index in [0.717, 1.165) is 11.3 Å². The lowest BCUT2D eigenvalue weighted by molar-refractivity contribution is 0.0943. The molecule has 0 heterocycles. The number of hydrogen-bond acceptors (Lipinski definition) is 4. The van der Waals surface area contributed by atoms with Crippen molar-refractivity contribution in [1.82, 2.24) is 10.9 Å². The van der Waals surface area contributed by atoms with E-state index in [9.17, 15) is 4.79 Å². The molecule has 3 N–H and O–H groups in total. The molecule has 1 amide bonds. The minimum absolute atomic E-state index is 0.00955. The van der Waals surface area contributed by atoms with E-state index in [-0.39, 0.29) is 17.1 Å². The highest BCUT2D eigenvalue weighted by Crippen LogP contribution is 2.28. The zero-order valence-electron chi connectivity index (χ0n) is 15.3. The highest BCUT2D eigenvalue weighted by atomic mass is 32.1. The fourth-order valence-corrected chi connectivity index (χ4v) is 2.40. The number of rotatable bonds is 5. The van der Waals surface area contributed by atoms with Gasteiger partial charge in [0.15, 0.2) is 16.6 Å². The van der Waals surface area contributed by atoms with Crippen LogP contribution in [-0.4, -0.2) is 24.2 Å². The minimum Gasteiger partial charge on any atom is -0.493 e. The SMILES string of the molecule is COc1cc(C(=O)NNC(=S)Nc2cccc(C)c2)ccc1OC(C)C. The topological polar surface area (TPSA) is 71.6 Å². The first-order valence-corrected chi connectivity index (χ1v) is 8.58. The number of carbonyl (C=O) groups is 1. The molecule has 2 rings (SSSR count). The van der Waals surface area contributed by atoms with Gasteiger partial charge < -0.3 is 14.8 Å². The summed E-state index contributed by atoms with van der Waals surface area (Å²) in [5, 5.41) is 3.29. The number of amides is 1. The zero-order chi connectivity index (χ0) is 19.1. The number of methoxy groups -OCH3 is 1. The van der Waals surface area contributed by atoms with Gasteiger partial charge in [0.05, 0.1) is 13.2 Å². The number of nitrogens with one attached hydrogen (secondary N) is 3. The first-order chi connectivity index (χ1) is 12.4. The van der Waals surface area contributed by atoms with Crippen LogP contribution in [0.1, 0.15) is 29.8 Å². The predicted octanol–water partition coefficient (Wildman–Crippen LogP) is 3.42. The van der Waals surface area contributed by atoms with Crippen molar-refractivity contribution in [3.05, 3.63) is 53.6 Å². The maximum absolute atomic E-state index is 12.3. The van der Waals surface area contributed by atoms with Gasteiger partial charge in [0, 0.05) is 11.3 Å². The highest BCUT2D eigenvalue weighted by molar-refractivity contribution is 7.80. The van der Waals surface area contributed by atoms with Crippen LogP contribution in [0.3, 0.4) is 0 Å². The van der Waals surface area contributed by atoms with E-state index in [0.29, 0.717) is 17.1 Å². The molecule has 2 aromatic rings. The van der Waals surface area contributed by atoms with Crippen molar-refractivity contribution < 1.29 is 14.3 Å². The molecular weight excluding hydrogens is 350 g/mol. The quantitative estimate of drug-likeness (QED) is 0.551. The van der Waals surface area contributed by atoms with E-state index in [1.807, 2.05) is 45.0 Å². The Kier molecular flexibility index (Phi) is 6.80. The third-order valence-electron chi connectivity index (χ3n) is 3.35. The monoisotopic (exact) mass is 373 g/mol. The molecule has 0 aliphatic rings. The van der Waals surface area contributed by atoms with Crippen molar-refractivity contribution in [2.24, 2.45) is 0 Å². The molecule has 26 heavy (non-hydrogen) atoms. The van der Waals surface area contributed by atoms with Crippen molar-refractivity contribution in [2.75, 3.05) is 12.4 Å². The standard InChI is InChI=1S/C19H23N3O3S/c1-12(2)25-16-9-8-14(11-17(16)24-4)18(23)21-22-19(26)20-15-7-5-6-13(3)10-15/h5-12H,1-4H3,(H,21,23)(H2,20,22,26).